The van der Waals surface area contributed by atoms with Crippen LogP contribution < -0.4 is 4.90 Å². The van der Waals surface area contributed by atoms with Crippen molar-refractivity contribution < 1.29 is 31.9 Å². The number of nitrogens with zero attached hydrogens (tertiary/aromatic N) is 4. The van der Waals surface area contributed by atoms with Crippen LogP contribution >= 0.6 is 0 Å². The third-order valence-electron chi connectivity index (χ3n) is 6.43. The molecule has 0 atom stereocenters. The van der Waals surface area contributed by atoms with Gasteiger partial charge in [0.2, 0.25) is 0 Å². The number of piperazine rings is 1. The summed E-state index contributed by atoms with van der Waals surface area (Å²) in [6, 6.07) is 12.5. The second-order valence-corrected chi connectivity index (χ2v) is 8.74. The van der Waals surface area contributed by atoms with Gasteiger partial charge in [0.05, 0.1) is 35.1 Å². The number of imide groups is 1. The summed E-state index contributed by atoms with van der Waals surface area (Å²) < 4.78 is 53.7. The first-order chi connectivity index (χ1) is 17.6. The highest BCUT2D eigenvalue weighted by atomic mass is 19.4. The highest BCUT2D eigenvalue weighted by Gasteiger charge is 2.39. The van der Waals surface area contributed by atoms with E-state index in [4.69, 9.17) is 0 Å². The van der Waals surface area contributed by atoms with E-state index in [1.807, 2.05) is 35.2 Å². The zero-order chi connectivity index (χ0) is 26.3. The van der Waals surface area contributed by atoms with Gasteiger partial charge >= 0.3 is 6.18 Å². The number of anilines is 1. The highest BCUT2D eigenvalue weighted by Crippen LogP contribution is 2.33. The lowest BCUT2D eigenvalue weighted by Gasteiger charge is -2.36. The second-order valence-electron chi connectivity index (χ2n) is 8.74. The van der Waals surface area contributed by atoms with Crippen LogP contribution in [0, 0.1) is 5.82 Å². The number of hydrogen-bond acceptors (Lipinski definition) is 5. The molecular weight excluding hydrogens is 492 g/mol. The molecule has 11 heteroatoms. The number of rotatable bonds is 4. The average Bonchev–Trinajstić information content (AvgIpc) is 3.12. The molecule has 0 N–H and O–H groups in total. The predicted molar refractivity (Wildman–Crippen MR) is 124 cm³/mol. The number of pyridine rings is 1. The van der Waals surface area contributed by atoms with Gasteiger partial charge in [0, 0.05) is 26.2 Å². The molecule has 3 aromatic rings. The van der Waals surface area contributed by atoms with E-state index in [-0.39, 0.29) is 44.0 Å². The minimum Gasteiger partial charge on any atom is -0.367 e. The smallest absolute Gasteiger partial charge is 0.367 e. The van der Waals surface area contributed by atoms with Crippen LogP contribution in [0.5, 0.6) is 0 Å². The molecular formula is C26H20F4N4O3. The van der Waals surface area contributed by atoms with E-state index >= 15 is 0 Å². The molecule has 1 fully saturated rings. The highest BCUT2D eigenvalue weighted by molar-refractivity contribution is 6.20. The molecule has 7 nitrogen and oxygen atoms in total. The fourth-order valence-electron chi connectivity index (χ4n) is 4.51. The minimum absolute atomic E-state index is 0.0595. The molecule has 2 aliphatic heterocycles. The molecule has 0 spiro atoms. The van der Waals surface area contributed by atoms with Gasteiger partial charge in [-0.1, -0.05) is 30.3 Å². The third-order valence-corrected chi connectivity index (χ3v) is 6.43. The molecule has 3 heterocycles. The SMILES string of the molecule is O=C(c1cc(F)ccc1C(F)(F)F)N1CCN(c2cnc3c(c2)C(=O)N(Cc2ccccc2)C3=O)CC1. The molecule has 37 heavy (non-hydrogen) atoms. The summed E-state index contributed by atoms with van der Waals surface area (Å²) >= 11 is 0. The summed E-state index contributed by atoms with van der Waals surface area (Å²) in [6.45, 7) is 0.774. The lowest BCUT2D eigenvalue weighted by molar-refractivity contribution is -0.138. The molecule has 2 aromatic carbocycles. The van der Waals surface area contributed by atoms with E-state index in [9.17, 15) is 31.9 Å². The Morgan fingerprint density at radius 3 is 2.30 bits per heavy atom. The Labute approximate surface area is 208 Å². The lowest BCUT2D eigenvalue weighted by atomic mass is 10.0. The van der Waals surface area contributed by atoms with Crippen LogP contribution in [-0.2, 0) is 12.7 Å². The number of aromatic nitrogens is 1. The quantitative estimate of drug-likeness (QED) is 0.391. The Hall–Kier alpha value is -4.28. The molecule has 0 bridgehead atoms. The van der Waals surface area contributed by atoms with Crippen LogP contribution in [-0.4, -0.2) is 58.7 Å². The van der Waals surface area contributed by atoms with Crippen LogP contribution in [0.25, 0.3) is 0 Å². The summed E-state index contributed by atoms with van der Waals surface area (Å²) in [7, 11) is 0. The zero-order valence-electron chi connectivity index (χ0n) is 19.3. The van der Waals surface area contributed by atoms with Crippen LogP contribution in [0.2, 0.25) is 0 Å². The Morgan fingerprint density at radius 1 is 0.919 bits per heavy atom. The number of fused-ring (bicyclic) bond motifs is 1. The number of hydrogen-bond donors (Lipinski definition) is 0. The van der Waals surface area contributed by atoms with E-state index in [2.05, 4.69) is 4.98 Å². The van der Waals surface area contributed by atoms with Crippen molar-refractivity contribution in [1.29, 1.82) is 0 Å². The molecule has 0 aliphatic carbocycles. The van der Waals surface area contributed by atoms with Gasteiger partial charge in [-0.15, -0.1) is 0 Å². The monoisotopic (exact) mass is 512 g/mol. The van der Waals surface area contributed by atoms with Gasteiger partial charge in [0.15, 0.2) is 0 Å². The summed E-state index contributed by atoms with van der Waals surface area (Å²) in [5, 5.41) is 0. The van der Waals surface area contributed by atoms with Gasteiger partial charge in [-0.05, 0) is 29.8 Å². The third kappa shape index (κ3) is 4.64. The molecule has 190 valence electrons. The molecule has 0 radical (unpaired) electrons. The molecule has 5 rings (SSSR count). The van der Waals surface area contributed by atoms with E-state index < -0.39 is 40.8 Å². The maximum absolute atomic E-state index is 13.7. The predicted octanol–water partition coefficient (Wildman–Crippen LogP) is 4.00. The fraction of sp³-hybridized carbons (Fsp3) is 0.231. The van der Waals surface area contributed by atoms with E-state index in [0.29, 0.717) is 23.9 Å². The lowest BCUT2D eigenvalue weighted by Crippen LogP contribution is -2.49. The number of halogens is 4. The van der Waals surface area contributed by atoms with Crippen LogP contribution in [0.1, 0.15) is 42.3 Å². The van der Waals surface area contributed by atoms with Crippen molar-refractivity contribution in [1.82, 2.24) is 14.8 Å². The maximum Gasteiger partial charge on any atom is 0.417 e. The van der Waals surface area contributed by atoms with Crippen molar-refractivity contribution in [3.63, 3.8) is 0 Å². The molecule has 1 saturated heterocycles. The normalized spacial score (nSPS) is 15.8. The first-order valence-corrected chi connectivity index (χ1v) is 11.4. The number of benzene rings is 2. The second kappa shape index (κ2) is 9.30. The van der Waals surface area contributed by atoms with E-state index in [1.54, 1.807) is 6.07 Å². The summed E-state index contributed by atoms with van der Waals surface area (Å²) in [6.07, 6.45) is -3.34. The minimum atomic E-state index is -4.80. The van der Waals surface area contributed by atoms with Crippen molar-refractivity contribution in [3.8, 4) is 0 Å². The summed E-state index contributed by atoms with van der Waals surface area (Å²) in [4.78, 5) is 46.9. The largest absolute Gasteiger partial charge is 0.417 e. The first-order valence-electron chi connectivity index (χ1n) is 11.4. The van der Waals surface area contributed by atoms with E-state index in [0.717, 1.165) is 10.5 Å². The Bertz CT molecular complexity index is 1390. The molecule has 1 aromatic heterocycles. The Kier molecular flexibility index (Phi) is 6.14. The van der Waals surface area contributed by atoms with Crippen LogP contribution in [0.15, 0.2) is 60.8 Å². The Morgan fingerprint density at radius 2 is 1.62 bits per heavy atom. The van der Waals surface area contributed by atoms with Crippen LogP contribution in [0.3, 0.4) is 0 Å². The van der Waals surface area contributed by atoms with Gasteiger partial charge < -0.3 is 9.80 Å². The maximum atomic E-state index is 13.7. The topological polar surface area (TPSA) is 73.8 Å². The molecule has 0 saturated carbocycles. The number of alkyl halides is 3. The van der Waals surface area contributed by atoms with Gasteiger partial charge in [-0.25, -0.2) is 9.37 Å². The molecule has 0 unspecified atom stereocenters. The number of amides is 3. The van der Waals surface area contributed by atoms with Gasteiger partial charge in [0.25, 0.3) is 17.7 Å². The zero-order valence-corrected chi connectivity index (χ0v) is 19.3. The summed E-state index contributed by atoms with van der Waals surface area (Å²) in [5.74, 6) is -2.78. The number of carbonyl (C=O) groups is 3. The van der Waals surface area contributed by atoms with Crippen molar-refractivity contribution in [2.75, 3.05) is 31.1 Å². The van der Waals surface area contributed by atoms with Gasteiger partial charge in [0.1, 0.15) is 11.5 Å². The fourth-order valence-corrected chi connectivity index (χ4v) is 4.51. The summed E-state index contributed by atoms with van der Waals surface area (Å²) in [5.41, 5.74) is -0.341. The average molecular weight is 512 g/mol. The van der Waals surface area contributed by atoms with Gasteiger partial charge in [-0.3, -0.25) is 19.3 Å². The van der Waals surface area contributed by atoms with Crippen molar-refractivity contribution in [3.05, 3.63) is 94.6 Å². The van der Waals surface area contributed by atoms with Crippen molar-refractivity contribution in [2.45, 2.75) is 12.7 Å². The van der Waals surface area contributed by atoms with Crippen molar-refractivity contribution in [2.24, 2.45) is 0 Å². The van der Waals surface area contributed by atoms with Crippen molar-refractivity contribution >= 4 is 23.4 Å². The number of carbonyl (C=O) groups excluding carboxylic acids is 3. The first kappa shape index (κ1) is 24.4. The van der Waals surface area contributed by atoms with Crippen LogP contribution in [0.4, 0.5) is 23.2 Å². The molecule has 3 amide bonds. The van der Waals surface area contributed by atoms with Gasteiger partial charge in [-0.2, -0.15) is 13.2 Å². The molecule has 2 aliphatic rings. The standard InChI is InChI=1S/C26H20F4N4O3/c27-17-6-7-21(26(28,29)30)19(12-17)23(35)33-10-8-32(9-11-33)18-13-20-22(31-14-18)25(37)34(24(20)36)15-16-4-2-1-3-5-16/h1-7,12-14H,8-11,15H2. The van der Waals surface area contributed by atoms with E-state index in [1.165, 1.54) is 11.1 Å². The Balaban J connectivity index is 1.29.